The van der Waals surface area contributed by atoms with Crippen LogP contribution in [0.5, 0.6) is 5.75 Å². The predicted molar refractivity (Wildman–Crippen MR) is 84.3 cm³/mol. The van der Waals surface area contributed by atoms with Crippen molar-refractivity contribution in [2.45, 2.75) is 6.61 Å². The van der Waals surface area contributed by atoms with E-state index in [1.54, 1.807) is 6.20 Å². The van der Waals surface area contributed by atoms with Crippen LogP contribution in [0, 0.1) is 5.82 Å². The van der Waals surface area contributed by atoms with Gasteiger partial charge in [-0.15, -0.1) is 0 Å². The SMILES string of the molecule is Fc1cncc2c1[nH]c1cc(OCc3ccccc3)ccc12. The number of nitrogens with one attached hydrogen (secondary N) is 1. The summed E-state index contributed by atoms with van der Waals surface area (Å²) in [6, 6.07) is 15.7. The molecule has 0 saturated carbocycles. The summed E-state index contributed by atoms with van der Waals surface area (Å²) >= 11 is 0. The highest BCUT2D eigenvalue weighted by atomic mass is 19.1. The molecule has 0 aliphatic heterocycles. The number of rotatable bonds is 3. The number of benzene rings is 2. The van der Waals surface area contributed by atoms with Crippen molar-refractivity contribution in [3.05, 3.63) is 72.3 Å². The number of aromatic nitrogens is 2. The minimum absolute atomic E-state index is 0.347. The van der Waals surface area contributed by atoms with E-state index in [0.717, 1.165) is 27.6 Å². The first-order valence-corrected chi connectivity index (χ1v) is 7.03. The Labute approximate surface area is 126 Å². The van der Waals surface area contributed by atoms with Crippen molar-refractivity contribution < 1.29 is 9.13 Å². The number of nitrogens with zero attached hydrogens (tertiary/aromatic N) is 1. The van der Waals surface area contributed by atoms with E-state index in [-0.39, 0.29) is 5.82 Å². The Morgan fingerprint density at radius 3 is 2.73 bits per heavy atom. The van der Waals surface area contributed by atoms with Crippen molar-refractivity contribution >= 4 is 21.8 Å². The summed E-state index contributed by atoms with van der Waals surface area (Å²) in [7, 11) is 0. The van der Waals surface area contributed by atoms with Gasteiger partial charge in [-0.1, -0.05) is 30.3 Å². The molecule has 0 atom stereocenters. The van der Waals surface area contributed by atoms with E-state index >= 15 is 0 Å². The van der Waals surface area contributed by atoms with Gasteiger partial charge in [0.1, 0.15) is 12.4 Å². The van der Waals surface area contributed by atoms with Crippen LogP contribution in [-0.4, -0.2) is 9.97 Å². The third-order valence-corrected chi connectivity index (χ3v) is 3.69. The third kappa shape index (κ3) is 2.19. The van der Waals surface area contributed by atoms with Crippen molar-refractivity contribution in [3.8, 4) is 5.75 Å². The van der Waals surface area contributed by atoms with Gasteiger partial charge in [-0.05, 0) is 17.7 Å². The largest absolute Gasteiger partial charge is 0.489 e. The lowest BCUT2D eigenvalue weighted by atomic mass is 10.2. The highest BCUT2D eigenvalue weighted by Crippen LogP contribution is 2.29. The molecular weight excluding hydrogens is 279 g/mol. The fraction of sp³-hybridized carbons (Fsp3) is 0.0556. The fourth-order valence-corrected chi connectivity index (χ4v) is 2.59. The van der Waals surface area contributed by atoms with Gasteiger partial charge in [0.2, 0.25) is 0 Å². The van der Waals surface area contributed by atoms with Crippen LogP contribution in [0.1, 0.15) is 5.56 Å². The molecule has 0 bridgehead atoms. The van der Waals surface area contributed by atoms with Crippen LogP contribution in [-0.2, 0) is 6.61 Å². The standard InChI is InChI=1S/C18H13FN2O/c19-16-10-20-9-15-14-7-6-13(8-17(14)21-18(15)16)22-11-12-4-2-1-3-5-12/h1-10,21H,11H2. The zero-order valence-electron chi connectivity index (χ0n) is 11.7. The molecule has 3 nitrogen and oxygen atoms in total. The molecule has 0 spiro atoms. The molecule has 0 radical (unpaired) electrons. The monoisotopic (exact) mass is 292 g/mol. The fourth-order valence-electron chi connectivity index (χ4n) is 2.59. The normalized spacial score (nSPS) is 11.1. The zero-order valence-corrected chi connectivity index (χ0v) is 11.7. The second kappa shape index (κ2) is 5.15. The summed E-state index contributed by atoms with van der Waals surface area (Å²) < 4.78 is 19.6. The van der Waals surface area contributed by atoms with E-state index in [9.17, 15) is 4.39 Å². The van der Waals surface area contributed by atoms with Gasteiger partial charge in [0.15, 0.2) is 5.82 Å². The lowest BCUT2D eigenvalue weighted by Gasteiger charge is -2.06. The molecule has 22 heavy (non-hydrogen) atoms. The van der Waals surface area contributed by atoms with Crippen LogP contribution in [0.4, 0.5) is 4.39 Å². The maximum atomic E-state index is 13.8. The highest BCUT2D eigenvalue weighted by Gasteiger charge is 2.09. The van der Waals surface area contributed by atoms with E-state index in [1.165, 1.54) is 6.20 Å². The van der Waals surface area contributed by atoms with Gasteiger partial charge in [0, 0.05) is 23.0 Å². The Morgan fingerprint density at radius 1 is 1.00 bits per heavy atom. The molecule has 4 aromatic rings. The van der Waals surface area contributed by atoms with E-state index in [4.69, 9.17) is 4.74 Å². The molecule has 4 rings (SSSR count). The number of pyridine rings is 1. The molecular formula is C18H13FN2O. The van der Waals surface area contributed by atoms with Gasteiger partial charge in [0.05, 0.1) is 17.2 Å². The van der Waals surface area contributed by atoms with Gasteiger partial charge in [-0.3, -0.25) is 4.98 Å². The Hall–Kier alpha value is -2.88. The predicted octanol–water partition coefficient (Wildman–Crippen LogP) is 4.43. The maximum Gasteiger partial charge on any atom is 0.165 e. The molecule has 0 saturated heterocycles. The van der Waals surface area contributed by atoms with Gasteiger partial charge in [0.25, 0.3) is 0 Å². The summed E-state index contributed by atoms with van der Waals surface area (Å²) in [5.74, 6) is 0.400. The smallest absolute Gasteiger partial charge is 0.165 e. The minimum Gasteiger partial charge on any atom is -0.489 e. The zero-order chi connectivity index (χ0) is 14.9. The van der Waals surface area contributed by atoms with Crippen molar-refractivity contribution in [2.75, 3.05) is 0 Å². The minimum atomic E-state index is -0.347. The number of ether oxygens (including phenoxy) is 1. The molecule has 0 fully saturated rings. The number of hydrogen-bond acceptors (Lipinski definition) is 2. The number of fused-ring (bicyclic) bond motifs is 3. The summed E-state index contributed by atoms with van der Waals surface area (Å²) in [4.78, 5) is 7.00. The van der Waals surface area contributed by atoms with E-state index in [1.807, 2.05) is 48.5 Å². The first-order chi connectivity index (χ1) is 10.8. The van der Waals surface area contributed by atoms with Crippen molar-refractivity contribution in [2.24, 2.45) is 0 Å². The lowest BCUT2D eigenvalue weighted by molar-refractivity contribution is 0.306. The molecule has 2 heterocycles. The molecule has 1 N–H and O–H groups in total. The van der Waals surface area contributed by atoms with Crippen LogP contribution in [0.15, 0.2) is 60.9 Å². The van der Waals surface area contributed by atoms with Crippen LogP contribution < -0.4 is 4.74 Å². The number of H-pyrrole nitrogens is 1. The maximum absolute atomic E-state index is 13.8. The summed E-state index contributed by atoms with van der Waals surface area (Å²) in [5.41, 5.74) is 2.42. The second-order valence-electron chi connectivity index (χ2n) is 5.15. The summed E-state index contributed by atoms with van der Waals surface area (Å²) in [6.07, 6.45) is 2.88. The summed E-state index contributed by atoms with van der Waals surface area (Å²) in [5, 5.41) is 1.72. The molecule has 2 aromatic carbocycles. The first kappa shape index (κ1) is 12.8. The Balaban J connectivity index is 1.69. The topological polar surface area (TPSA) is 37.9 Å². The van der Waals surface area contributed by atoms with Crippen molar-refractivity contribution in [1.82, 2.24) is 9.97 Å². The van der Waals surface area contributed by atoms with Crippen LogP contribution in [0.3, 0.4) is 0 Å². The summed E-state index contributed by atoms with van der Waals surface area (Å²) in [6.45, 7) is 0.502. The van der Waals surface area contributed by atoms with Gasteiger partial charge in [-0.25, -0.2) is 4.39 Å². The van der Waals surface area contributed by atoms with Crippen LogP contribution >= 0.6 is 0 Å². The van der Waals surface area contributed by atoms with E-state index < -0.39 is 0 Å². The molecule has 2 aromatic heterocycles. The first-order valence-electron chi connectivity index (χ1n) is 7.03. The molecule has 108 valence electrons. The Bertz CT molecular complexity index is 947. The van der Waals surface area contributed by atoms with E-state index in [2.05, 4.69) is 9.97 Å². The average molecular weight is 292 g/mol. The molecule has 0 aliphatic rings. The Kier molecular flexibility index (Phi) is 3.00. The lowest BCUT2D eigenvalue weighted by Crippen LogP contribution is -1.94. The average Bonchev–Trinajstić information content (AvgIpc) is 2.93. The van der Waals surface area contributed by atoms with E-state index in [0.29, 0.717) is 12.1 Å². The number of hydrogen-bond donors (Lipinski definition) is 1. The number of aromatic amines is 1. The quantitative estimate of drug-likeness (QED) is 0.606. The highest BCUT2D eigenvalue weighted by molar-refractivity contribution is 6.07. The van der Waals surface area contributed by atoms with Crippen LogP contribution in [0.2, 0.25) is 0 Å². The van der Waals surface area contributed by atoms with Gasteiger partial charge in [-0.2, -0.15) is 0 Å². The third-order valence-electron chi connectivity index (χ3n) is 3.69. The second-order valence-corrected chi connectivity index (χ2v) is 5.15. The molecule has 0 amide bonds. The molecule has 0 unspecified atom stereocenters. The van der Waals surface area contributed by atoms with Gasteiger partial charge >= 0.3 is 0 Å². The van der Waals surface area contributed by atoms with Crippen molar-refractivity contribution in [1.29, 1.82) is 0 Å². The van der Waals surface area contributed by atoms with Crippen LogP contribution in [0.25, 0.3) is 21.8 Å². The number of halogens is 1. The molecule has 4 heteroatoms. The Morgan fingerprint density at radius 2 is 1.86 bits per heavy atom. The van der Waals surface area contributed by atoms with Gasteiger partial charge < -0.3 is 9.72 Å². The molecule has 0 aliphatic carbocycles. The van der Waals surface area contributed by atoms with Crippen molar-refractivity contribution in [3.63, 3.8) is 0 Å².